The van der Waals surface area contributed by atoms with Crippen LogP contribution in [0.25, 0.3) is 77.2 Å². The molecule has 15 aromatic rings. The summed E-state index contributed by atoms with van der Waals surface area (Å²) < 4.78 is 5.23. The van der Waals surface area contributed by atoms with Crippen LogP contribution in [0.4, 0.5) is 34.1 Å². The summed E-state index contributed by atoms with van der Waals surface area (Å²) in [5, 5.41) is 5.09. The third kappa shape index (κ3) is 14.6. The molecule has 638 valence electrons. The van der Waals surface area contributed by atoms with Crippen LogP contribution in [-0.2, 0) is 60.6 Å². The Kier molecular flexibility index (Phi) is 19.6. The van der Waals surface area contributed by atoms with Gasteiger partial charge in [-0.25, -0.2) is 0 Å². The number of anilines is 6. The third-order valence-electron chi connectivity index (χ3n) is 28.2. The van der Waals surface area contributed by atoms with Crippen LogP contribution in [0.5, 0.6) is 0 Å². The summed E-state index contributed by atoms with van der Waals surface area (Å²) in [6.45, 7) is 71.6. The first kappa shape index (κ1) is 84.9. The van der Waals surface area contributed by atoms with Crippen LogP contribution in [0.3, 0.4) is 0 Å². The van der Waals surface area contributed by atoms with Crippen molar-refractivity contribution >= 4 is 77.7 Å². The normalized spacial score (nSPS) is 14.5. The molecule has 0 saturated carbocycles. The predicted octanol–water partition coefficient (Wildman–Crippen LogP) is 34.0. The van der Waals surface area contributed by atoms with E-state index in [-0.39, 0.29) is 66.0 Å². The molecule has 2 aliphatic heterocycles. The molecule has 13 aromatic carbocycles. The molecule has 0 N–H and O–H groups in total. The summed E-state index contributed by atoms with van der Waals surface area (Å²) in [5.74, 6) is -0.431. The number of hydrogen-bond donors (Lipinski definition) is 0. The Bertz CT molecular complexity index is 6330. The van der Waals surface area contributed by atoms with Gasteiger partial charge in [0.1, 0.15) is 0 Å². The summed E-state index contributed by atoms with van der Waals surface area (Å²) in [6.07, 6.45) is 0.863. The Morgan fingerprint density at radius 2 is 0.528 bits per heavy atom. The lowest BCUT2D eigenvalue weighted by Gasteiger charge is -2.48. The van der Waals surface area contributed by atoms with E-state index in [9.17, 15) is 0 Å². The SMILES string of the molecule is CC(C)(C)c1ccc(-c2cc(C(C)(C)C)cc(C(C)(C)C)c2N2c3cc(-n4c5ccc(C(C)(C)C)cc5c5cc(C(C)(C)C)ccc54)ccc3C3c4ccc(-n5c6ccc(C(C)(C)C)cc6c6cc(C(C)(C)C)ccc65)cc4N(c4c(-c5ccc(C(C)(C)C)cc5)cc(C(C)(C)C)cc4C(C)(C)C)c4cc(C5c6ccccc6Cc6ccccc65)cc2c43)cc1. The zero-order chi connectivity index (χ0) is 89.4. The monoisotopic (exact) mass is 1640 g/mol. The average molecular weight is 1640 g/mol. The van der Waals surface area contributed by atoms with E-state index in [0.717, 1.165) is 17.8 Å². The van der Waals surface area contributed by atoms with Crippen molar-refractivity contribution in [3.8, 4) is 33.6 Å². The average Bonchev–Trinajstić information content (AvgIpc) is 1.15. The molecule has 0 amide bonds. The maximum absolute atomic E-state index is 2.86. The molecule has 0 bridgehead atoms. The summed E-state index contributed by atoms with van der Waals surface area (Å²) in [5.41, 5.74) is 41.0. The first-order valence-electron chi connectivity index (χ1n) is 46.3. The Labute approximate surface area is 748 Å². The van der Waals surface area contributed by atoms with Gasteiger partial charge in [0.25, 0.3) is 0 Å². The van der Waals surface area contributed by atoms with E-state index in [1.807, 2.05) is 0 Å². The maximum atomic E-state index is 2.86. The number of rotatable bonds is 7. The van der Waals surface area contributed by atoms with E-state index in [2.05, 4.69) is 469 Å². The minimum Gasteiger partial charge on any atom is -0.309 e. The van der Waals surface area contributed by atoms with Gasteiger partial charge in [-0.15, -0.1) is 0 Å². The highest BCUT2D eigenvalue weighted by molar-refractivity contribution is 6.12. The molecule has 0 fully saturated rings. The van der Waals surface area contributed by atoms with Crippen molar-refractivity contribution in [1.29, 1.82) is 0 Å². The molecular formula is C121H134N4. The summed E-state index contributed by atoms with van der Waals surface area (Å²) in [7, 11) is 0. The van der Waals surface area contributed by atoms with Crippen LogP contribution in [-0.4, -0.2) is 9.13 Å². The lowest BCUT2D eigenvalue weighted by Crippen LogP contribution is -2.33. The topological polar surface area (TPSA) is 16.3 Å². The van der Waals surface area contributed by atoms with Crippen LogP contribution in [0.15, 0.2) is 243 Å². The molecule has 1 aliphatic carbocycles. The quantitative estimate of drug-likeness (QED) is 0.158. The van der Waals surface area contributed by atoms with Gasteiger partial charge in [0.15, 0.2) is 0 Å². The van der Waals surface area contributed by atoms with Gasteiger partial charge < -0.3 is 18.9 Å². The molecule has 2 aromatic heterocycles. The molecule has 4 heterocycles. The number of fused-ring (bicyclic) bond motifs is 12. The second-order valence-electron chi connectivity index (χ2n) is 47.7. The Morgan fingerprint density at radius 3 is 0.824 bits per heavy atom. The van der Waals surface area contributed by atoms with Gasteiger partial charge in [0.2, 0.25) is 0 Å². The van der Waals surface area contributed by atoms with E-state index in [1.54, 1.807) is 0 Å². The smallest absolute Gasteiger partial charge is 0.0577 e. The summed E-state index contributed by atoms with van der Waals surface area (Å²) >= 11 is 0. The predicted molar refractivity (Wildman–Crippen MR) is 540 cm³/mol. The highest BCUT2D eigenvalue weighted by Crippen LogP contribution is 2.66. The number of benzene rings is 13. The van der Waals surface area contributed by atoms with Gasteiger partial charge in [0.05, 0.1) is 56.2 Å². The molecule has 0 atom stereocenters. The van der Waals surface area contributed by atoms with Crippen molar-refractivity contribution < 1.29 is 0 Å². The van der Waals surface area contributed by atoms with Crippen LogP contribution in [0.2, 0.25) is 0 Å². The minimum atomic E-state index is -0.384. The third-order valence-corrected chi connectivity index (χ3v) is 28.2. The lowest BCUT2D eigenvalue weighted by atomic mass is 9.70. The molecule has 18 rings (SSSR count). The molecule has 0 saturated heterocycles. The molecule has 4 nitrogen and oxygen atoms in total. The molecule has 0 spiro atoms. The summed E-state index contributed by atoms with van der Waals surface area (Å²) in [4.78, 5) is 5.71. The molecule has 4 heteroatoms. The molecular weight excluding hydrogens is 1510 g/mol. The van der Waals surface area contributed by atoms with Crippen LogP contribution in [0, 0.1) is 0 Å². The molecule has 0 radical (unpaired) electrons. The number of nitrogens with zero attached hydrogens (tertiary/aromatic N) is 4. The Morgan fingerprint density at radius 1 is 0.232 bits per heavy atom. The Balaban J connectivity index is 1.07. The number of hydrogen-bond acceptors (Lipinski definition) is 2. The Hall–Kier alpha value is -10.9. The lowest BCUT2D eigenvalue weighted by molar-refractivity contribution is 0.569. The van der Waals surface area contributed by atoms with E-state index < -0.39 is 0 Å². The summed E-state index contributed by atoms with van der Waals surface area (Å²) in [6, 6.07) is 98.9. The van der Waals surface area contributed by atoms with Crippen molar-refractivity contribution in [2.75, 3.05) is 9.80 Å². The molecule has 125 heavy (non-hydrogen) atoms. The highest BCUT2D eigenvalue weighted by Gasteiger charge is 2.47. The van der Waals surface area contributed by atoms with Gasteiger partial charge in [0, 0.05) is 61.4 Å². The van der Waals surface area contributed by atoms with Gasteiger partial charge in [-0.1, -0.05) is 353 Å². The van der Waals surface area contributed by atoms with E-state index in [1.165, 1.54) is 200 Å². The fourth-order valence-corrected chi connectivity index (χ4v) is 20.6. The van der Waals surface area contributed by atoms with Crippen molar-refractivity contribution in [1.82, 2.24) is 9.13 Å². The minimum absolute atomic E-state index is 0.0674. The van der Waals surface area contributed by atoms with Crippen LogP contribution in [0.1, 0.15) is 320 Å². The second-order valence-corrected chi connectivity index (χ2v) is 47.7. The van der Waals surface area contributed by atoms with Crippen LogP contribution < -0.4 is 9.80 Å². The first-order chi connectivity index (χ1) is 58.3. The van der Waals surface area contributed by atoms with E-state index in [4.69, 9.17) is 0 Å². The molecule has 3 aliphatic rings. The van der Waals surface area contributed by atoms with E-state index in [0.29, 0.717) is 0 Å². The van der Waals surface area contributed by atoms with Gasteiger partial charge >= 0.3 is 0 Å². The van der Waals surface area contributed by atoms with Crippen LogP contribution >= 0.6 is 0 Å². The maximum Gasteiger partial charge on any atom is 0.0577 e. The van der Waals surface area contributed by atoms with Crippen molar-refractivity contribution in [2.24, 2.45) is 0 Å². The standard InChI is InChI=1S/C121H134N4/c1-112(2,3)77-43-39-72(40-44-77)91-66-83(118(19,20)21)68-97(120(25,26)27)110(91)124-103-70-85(122-99-55-47-79(114(7,8)9)62-93(99)94-63-80(115(10,11)12)48-56-100(94)122)51-53-89(103)108-90-54-52-86(123-101-57-49-81(116(13,14)15)64-95(101)96-65-82(117(16,17)18)50-58-102(96)123)71-104(90)125(106-61-76(60-105(124)109(106)108)107-87-37-33-31-35-74(87)59-75-36-32-34-38-88(75)107)111-92(73-41-45-78(46-42-73)113(4,5)6)67-84(119(22,23)24)69-98(111)121(28,29)30/h31-58,60-71,107-108H,59H2,1-30H3. The van der Waals surface area contributed by atoms with Crippen molar-refractivity contribution in [3.05, 3.63) is 343 Å². The fourth-order valence-electron chi connectivity index (χ4n) is 20.6. The van der Waals surface area contributed by atoms with Crippen molar-refractivity contribution in [3.63, 3.8) is 0 Å². The van der Waals surface area contributed by atoms with E-state index >= 15 is 0 Å². The van der Waals surface area contributed by atoms with Gasteiger partial charge in [-0.2, -0.15) is 0 Å². The van der Waals surface area contributed by atoms with Crippen molar-refractivity contribution in [2.45, 2.75) is 280 Å². The zero-order valence-electron chi connectivity index (χ0n) is 80.7. The zero-order valence-corrected chi connectivity index (χ0v) is 80.7. The van der Waals surface area contributed by atoms with Gasteiger partial charge in [-0.05, 0) is 263 Å². The fraction of sp³-hybridized carbons (Fsp3) is 0.355. The first-order valence-corrected chi connectivity index (χ1v) is 46.3. The van der Waals surface area contributed by atoms with Gasteiger partial charge in [-0.3, -0.25) is 0 Å². The largest absolute Gasteiger partial charge is 0.309 e. The second kappa shape index (κ2) is 28.8. The molecule has 0 unspecified atom stereocenters. The number of aromatic nitrogens is 2. The highest BCUT2D eigenvalue weighted by atomic mass is 15.2.